The van der Waals surface area contributed by atoms with E-state index in [0.717, 1.165) is 4.31 Å². The lowest BCUT2D eigenvalue weighted by Crippen LogP contribution is -2.53. The molecule has 0 heterocycles. The molecule has 42 heavy (non-hydrogen) atoms. The molecule has 3 aromatic rings. The smallest absolute Gasteiger partial charge is 0.264 e. The lowest BCUT2D eigenvalue weighted by Gasteiger charge is -2.34. The van der Waals surface area contributed by atoms with E-state index in [-0.39, 0.29) is 47.9 Å². The Morgan fingerprint density at radius 3 is 2.19 bits per heavy atom. The van der Waals surface area contributed by atoms with E-state index in [2.05, 4.69) is 5.32 Å². The number of benzene rings is 3. The number of para-hydroxylation sites is 2. The van der Waals surface area contributed by atoms with Gasteiger partial charge in [0.05, 0.1) is 27.2 Å². The lowest BCUT2D eigenvalue weighted by atomic mass is 10.1. The number of nitrogens with zero attached hydrogens (tertiary/aromatic N) is 2. The Bertz CT molecular complexity index is 1500. The second-order valence-electron chi connectivity index (χ2n) is 9.72. The summed E-state index contributed by atoms with van der Waals surface area (Å²) in [4.78, 5) is 28.8. The summed E-state index contributed by atoms with van der Waals surface area (Å²) in [5.41, 5.74) is 0.798. The maximum absolute atomic E-state index is 14.2. The van der Waals surface area contributed by atoms with E-state index in [1.807, 2.05) is 13.8 Å². The van der Waals surface area contributed by atoms with Crippen LogP contribution in [0.3, 0.4) is 0 Å². The van der Waals surface area contributed by atoms with E-state index in [0.29, 0.717) is 20.6 Å². The molecule has 226 valence electrons. The highest BCUT2D eigenvalue weighted by Gasteiger charge is 2.35. The molecule has 0 spiro atoms. The molecule has 3 aromatic carbocycles. The van der Waals surface area contributed by atoms with Crippen LogP contribution in [-0.2, 0) is 26.2 Å². The van der Waals surface area contributed by atoms with Gasteiger partial charge in [-0.3, -0.25) is 13.9 Å². The molecular formula is C30H34Cl3N3O5S. The SMILES string of the molecule is CCOc1ccccc1N(CC(=O)N(Cc1ccc(Cl)c(Cl)c1)C(CC)C(=O)NC(C)C)S(=O)(=O)c1ccc(Cl)cc1. The van der Waals surface area contributed by atoms with Crippen molar-refractivity contribution in [2.24, 2.45) is 0 Å². The summed E-state index contributed by atoms with van der Waals surface area (Å²) in [5, 5.41) is 3.86. The fourth-order valence-electron chi connectivity index (χ4n) is 4.32. The fraction of sp³-hybridized carbons (Fsp3) is 0.333. The fourth-order valence-corrected chi connectivity index (χ4v) is 6.19. The first-order valence-electron chi connectivity index (χ1n) is 13.4. The number of ether oxygens (including phenoxy) is 1. The van der Waals surface area contributed by atoms with Crippen molar-refractivity contribution >= 4 is 62.3 Å². The topological polar surface area (TPSA) is 96.0 Å². The average molecular weight is 655 g/mol. The minimum Gasteiger partial charge on any atom is -0.492 e. The first-order valence-corrected chi connectivity index (χ1v) is 16.0. The van der Waals surface area contributed by atoms with Crippen LogP contribution in [0.25, 0.3) is 0 Å². The first-order chi connectivity index (χ1) is 19.9. The second-order valence-corrected chi connectivity index (χ2v) is 12.8. The van der Waals surface area contributed by atoms with E-state index < -0.39 is 28.5 Å². The molecule has 0 bridgehead atoms. The quantitative estimate of drug-likeness (QED) is 0.225. The Kier molecular flexibility index (Phi) is 11.9. The largest absolute Gasteiger partial charge is 0.492 e. The molecule has 1 atom stereocenters. The van der Waals surface area contributed by atoms with Gasteiger partial charge in [0.2, 0.25) is 11.8 Å². The lowest BCUT2D eigenvalue weighted by molar-refractivity contribution is -0.140. The third-order valence-corrected chi connectivity index (χ3v) is 9.03. The summed E-state index contributed by atoms with van der Waals surface area (Å²) in [6.07, 6.45) is 0.283. The number of sulfonamides is 1. The zero-order valence-electron chi connectivity index (χ0n) is 23.8. The van der Waals surface area contributed by atoms with Gasteiger partial charge in [-0.05, 0) is 81.3 Å². The Labute approximate surface area is 262 Å². The van der Waals surface area contributed by atoms with Crippen molar-refractivity contribution in [2.75, 3.05) is 17.5 Å². The summed E-state index contributed by atoms with van der Waals surface area (Å²) in [7, 11) is -4.29. The van der Waals surface area contributed by atoms with Crippen LogP contribution in [0.2, 0.25) is 15.1 Å². The molecule has 12 heteroatoms. The van der Waals surface area contributed by atoms with Crippen LogP contribution in [0.4, 0.5) is 5.69 Å². The van der Waals surface area contributed by atoms with Crippen LogP contribution >= 0.6 is 34.8 Å². The van der Waals surface area contributed by atoms with Crippen molar-refractivity contribution in [3.8, 4) is 5.75 Å². The number of halogens is 3. The highest BCUT2D eigenvalue weighted by molar-refractivity contribution is 7.92. The average Bonchev–Trinajstić information content (AvgIpc) is 2.94. The molecule has 2 amide bonds. The van der Waals surface area contributed by atoms with Crippen LogP contribution in [-0.4, -0.2) is 50.4 Å². The van der Waals surface area contributed by atoms with Crippen molar-refractivity contribution in [1.82, 2.24) is 10.2 Å². The molecule has 0 aliphatic rings. The van der Waals surface area contributed by atoms with Gasteiger partial charge in [-0.15, -0.1) is 0 Å². The highest BCUT2D eigenvalue weighted by atomic mass is 35.5. The van der Waals surface area contributed by atoms with Crippen molar-refractivity contribution in [3.05, 3.63) is 87.4 Å². The van der Waals surface area contributed by atoms with E-state index >= 15 is 0 Å². The van der Waals surface area contributed by atoms with E-state index in [1.54, 1.807) is 56.3 Å². The van der Waals surface area contributed by atoms with Gasteiger partial charge in [0, 0.05) is 17.6 Å². The maximum Gasteiger partial charge on any atom is 0.264 e. The molecule has 1 unspecified atom stereocenters. The Morgan fingerprint density at radius 1 is 0.929 bits per heavy atom. The highest BCUT2D eigenvalue weighted by Crippen LogP contribution is 2.33. The monoisotopic (exact) mass is 653 g/mol. The Morgan fingerprint density at radius 2 is 1.60 bits per heavy atom. The normalized spacial score (nSPS) is 12.1. The third kappa shape index (κ3) is 8.31. The second kappa shape index (κ2) is 15.0. The molecule has 0 saturated carbocycles. The summed E-state index contributed by atoms with van der Waals surface area (Å²) in [6.45, 7) is 6.85. The molecule has 0 saturated heterocycles. The number of hydrogen-bond donors (Lipinski definition) is 1. The van der Waals surface area contributed by atoms with Gasteiger partial charge in [0.15, 0.2) is 0 Å². The number of anilines is 1. The molecule has 0 fully saturated rings. The van der Waals surface area contributed by atoms with Gasteiger partial charge in [-0.2, -0.15) is 0 Å². The van der Waals surface area contributed by atoms with Crippen LogP contribution < -0.4 is 14.4 Å². The maximum atomic E-state index is 14.2. The summed E-state index contributed by atoms with van der Waals surface area (Å²) >= 11 is 18.4. The summed E-state index contributed by atoms with van der Waals surface area (Å²) < 4.78 is 34.9. The number of rotatable bonds is 13. The van der Waals surface area contributed by atoms with Crippen LogP contribution in [0.15, 0.2) is 71.6 Å². The number of carbonyl (C=O) groups excluding carboxylic acids is 2. The minimum atomic E-state index is -4.29. The molecular weight excluding hydrogens is 621 g/mol. The van der Waals surface area contributed by atoms with Crippen LogP contribution in [0, 0.1) is 0 Å². The molecule has 0 radical (unpaired) electrons. The van der Waals surface area contributed by atoms with Gasteiger partial charge in [0.1, 0.15) is 18.3 Å². The Balaban J connectivity index is 2.13. The van der Waals surface area contributed by atoms with Gasteiger partial charge >= 0.3 is 0 Å². The zero-order valence-corrected chi connectivity index (χ0v) is 26.9. The predicted molar refractivity (Wildman–Crippen MR) is 168 cm³/mol. The van der Waals surface area contributed by atoms with Gasteiger partial charge in [0.25, 0.3) is 10.0 Å². The van der Waals surface area contributed by atoms with Crippen molar-refractivity contribution < 1.29 is 22.7 Å². The number of amides is 2. The molecule has 0 aromatic heterocycles. The summed E-state index contributed by atoms with van der Waals surface area (Å²) in [5.74, 6) is -0.677. The van der Waals surface area contributed by atoms with Crippen molar-refractivity contribution in [3.63, 3.8) is 0 Å². The molecule has 1 N–H and O–H groups in total. The van der Waals surface area contributed by atoms with E-state index in [9.17, 15) is 18.0 Å². The number of carbonyl (C=O) groups is 2. The number of nitrogens with one attached hydrogen (secondary N) is 1. The van der Waals surface area contributed by atoms with Crippen molar-refractivity contribution in [1.29, 1.82) is 0 Å². The van der Waals surface area contributed by atoms with E-state index in [1.165, 1.54) is 29.2 Å². The van der Waals surface area contributed by atoms with Crippen LogP contribution in [0.1, 0.15) is 39.7 Å². The number of hydrogen-bond acceptors (Lipinski definition) is 5. The van der Waals surface area contributed by atoms with Crippen LogP contribution in [0.5, 0.6) is 5.75 Å². The zero-order chi connectivity index (χ0) is 31.0. The molecule has 3 rings (SSSR count). The molecule has 0 aliphatic carbocycles. The third-order valence-electron chi connectivity index (χ3n) is 6.27. The minimum absolute atomic E-state index is 0.0122. The summed E-state index contributed by atoms with van der Waals surface area (Å²) in [6, 6.07) is 16.1. The van der Waals surface area contributed by atoms with E-state index in [4.69, 9.17) is 39.5 Å². The Hall–Kier alpha value is -2.98. The van der Waals surface area contributed by atoms with Crippen molar-refractivity contribution in [2.45, 2.75) is 57.6 Å². The van der Waals surface area contributed by atoms with Gasteiger partial charge < -0.3 is 15.0 Å². The molecule has 8 nitrogen and oxygen atoms in total. The standard InChI is InChI=1S/C30H34Cl3N3O5S/c1-5-26(30(38)34-20(3)4)35(18-21-11-16-24(32)25(33)17-21)29(37)19-36(27-9-7-8-10-28(27)41-6-2)42(39,40)23-14-12-22(31)13-15-23/h7-17,20,26H,5-6,18-19H2,1-4H3,(H,34,38). The first kappa shape index (κ1) is 33.5. The predicted octanol–water partition coefficient (Wildman–Crippen LogP) is 6.57. The van der Waals surface area contributed by atoms with Gasteiger partial charge in [-0.25, -0.2) is 8.42 Å². The van der Waals surface area contributed by atoms with Gasteiger partial charge in [-0.1, -0.05) is 59.9 Å². The molecule has 0 aliphatic heterocycles.